The maximum Gasteiger partial charge on any atom is 0.0656 e. The summed E-state index contributed by atoms with van der Waals surface area (Å²) >= 11 is 0. The topological polar surface area (TPSA) is 27.0 Å². The zero-order valence-electron chi connectivity index (χ0n) is 6.67. The molecule has 0 aromatic rings. The first-order valence-electron chi connectivity index (χ1n) is 3.82. The molecule has 0 aliphatic carbocycles. The molecule has 0 aromatic carbocycles. The summed E-state index contributed by atoms with van der Waals surface area (Å²) in [4.78, 5) is 2.29. The Bertz CT molecular complexity index is 148. The molecule has 2 atom stereocenters. The summed E-state index contributed by atoms with van der Waals surface area (Å²) in [5, 5.41) is 8.61. The molecule has 0 bridgehead atoms. The quantitative estimate of drug-likeness (QED) is 0.542. The van der Waals surface area contributed by atoms with Gasteiger partial charge in [-0.25, -0.2) is 0 Å². The van der Waals surface area contributed by atoms with Crippen LogP contribution in [0, 0.1) is 23.2 Å². The van der Waals surface area contributed by atoms with Gasteiger partial charge in [-0.3, -0.25) is 0 Å². The van der Waals surface area contributed by atoms with Crippen molar-refractivity contribution in [2.24, 2.45) is 11.8 Å². The van der Waals surface area contributed by atoms with Gasteiger partial charge in [-0.2, -0.15) is 5.26 Å². The molecule has 1 aliphatic heterocycles. The lowest BCUT2D eigenvalue weighted by molar-refractivity contribution is 0.371. The number of rotatable bonds is 1. The number of hydrogen-bond acceptors (Lipinski definition) is 2. The maximum atomic E-state index is 8.61. The fraction of sp³-hybridized carbons (Fsp3) is 0.875. The summed E-state index contributed by atoms with van der Waals surface area (Å²) in [7, 11) is 2.12. The lowest BCUT2D eigenvalue weighted by Crippen LogP contribution is -2.17. The Morgan fingerprint density at radius 1 is 1.70 bits per heavy atom. The maximum absolute atomic E-state index is 8.61. The first-order chi connectivity index (χ1) is 4.74. The summed E-state index contributed by atoms with van der Waals surface area (Å²) in [6.45, 7) is 4.29. The van der Waals surface area contributed by atoms with Crippen molar-refractivity contribution in [2.75, 3.05) is 20.1 Å². The predicted octanol–water partition coefficient (Wildman–Crippen LogP) is 1.10. The van der Waals surface area contributed by atoms with Gasteiger partial charge in [0.1, 0.15) is 0 Å². The van der Waals surface area contributed by atoms with Crippen molar-refractivity contribution in [1.29, 1.82) is 5.26 Å². The second-order valence-corrected chi connectivity index (χ2v) is 3.23. The van der Waals surface area contributed by atoms with E-state index in [1.807, 2.05) is 6.92 Å². The van der Waals surface area contributed by atoms with Crippen LogP contribution in [0.15, 0.2) is 0 Å². The SMILES string of the molecule is CC(C#N)C1CCN(C)C1. The Balaban J connectivity index is 2.39. The highest BCUT2D eigenvalue weighted by Gasteiger charge is 2.24. The van der Waals surface area contributed by atoms with Crippen LogP contribution in [0.25, 0.3) is 0 Å². The number of nitrogens with zero attached hydrogens (tertiary/aromatic N) is 2. The van der Waals surface area contributed by atoms with Crippen molar-refractivity contribution in [1.82, 2.24) is 4.90 Å². The van der Waals surface area contributed by atoms with E-state index < -0.39 is 0 Å². The molecule has 0 aromatic heterocycles. The molecule has 1 rings (SSSR count). The summed E-state index contributed by atoms with van der Waals surface area (Å²) in [5.41, 5.74) is 0. The summed E-state index contributed by atoms with van der Waals surface area (Å²) in [5.74, 6) is 0.861. The van der Waals surface area contributed by atoms with E-state index in [0.717, 1.165) is 13.1 Å². The van der Waals surface area contributed by atoms with Crippen molar-refractivity contribution in [2.45, 2.75) is 13.3 Å². The standard InChI is InChI=1S/C8H14N2/c1-7(5-9)8-3-4-10(2)6-8/h7-8H,3-4,6H2,1-2H3. The molecule has 0 N–H and O–H groups in total. The molecule has 0 spiro atoms. The van der Waals surface area contributed by atoms with Crippen LogP contribution in [-0.2, 0) is 0 Å². The highest BCUT2D eigenvalue weighted by Crippen LogP contribution is 2.21. The molecular weight excluding hydrogens is 124 g/mol. The fourth-order valence-corrected chi connectivity index (χ4v) is 1.48. The first kappa shape index (κ1) is 7.56. The minimum atomic E-state index is 0.241. The lowest BCUT2D eigenvalue weighted by Gasteiger charge is -2.10. The fourth-order valence-electron chi connectivity index (χ4n) is 1.48. The average molecular weight is 138 g/mol. The van der Waals surface area contributed by atoms with E-state index in [0.29, 0.717) is 5.92 Å². The van der Waals surface area contributed by atoms with Crippen molar-refractivity contribution >= 4 is 0 Å². The first-order valence-corrected chi connectivity index (χ1v) is 3.82. The third-order valence-electron chi connectivity index (χ3n) is 2.34. The second-order valence-electron chi connectivity index (χ2n) is 3.23. The third-order valence-corrected chi connectivity index (χ3v) is 2.34. The van der Waals surface area contributed by atoms with Gasteiger partial charge in [0.05, 0.1) is 6.07 Å². The molecule has 0 saturated carbocycles. The van der Waals surface area contributed by atoms with Crippen LogP contribution in [0.1, 0.15) is 13.3 Å². The lowest BCUT2D eigenvalue weighted by atomic mass is 9.95. The molecule has 2 nitrogen and oxygen atoms in total. The molecule has 0 amide bonds. The molecule has 56 valence electrons. The van der Waals surface area contributed by atoms with E-state index in [9.17, 15) is 0 Å². The Kier molecular flexibility index (Phi) is 2.29. The van der Waals surface area contributed by atoms with Crippen LogP contribution in [-0.4, -0.2) is 25.0 Å². The molecule has 10 heavy (non-hydrogen) atoms. The molecule has 1 heterocycles. The van der Waals surface area contributed by atoms with Crippen molar-refractivity contribution < 1.29 is 0 Å². The zero-order chi connectivity index (χ0) is 7.56. The van der Waals surface area contributed by atoms with Gasteiger partial charge in [-0.15, -0.1) is 0 Å². The van der Waals surface area contributed by atoms with Crippen LogP contribution in [0.2, 0.25) is 0 Å². The molecule has 2 heteroatoms. The summed E-state index contributed by atoms with van der Waals surface area (Å²) in [6, 6.07) is 2.30. The van der Waals surface area contributed by atoms with Crippen LogP contribution in [0.5, 0.6) is 0 Å². The van der Waals surface area contributed by atoms with E-state index in [1.54, 1.807) is 0 Å². The van der Waals surface area contributed by atoms with Crippen LogP contribution in [0.4, 0.5) is 0 Å². The molecule has 2 unspecified atom stereocenters. The van der Waals surface area contributed by atoms with Gasteiger partial charge < -0.3 is 4.90 Å². The van der Waals surface area contributed by atoms with Crippen LogP contribution < -0.4 is 0 Å². The van der Waals surface area contributed by atoms with Crippen molar-refractivity contribution in [3.63, 3.8) is 0 Å². The zero-order valence-corrected chi connectivity index (χ0v) is 6.67. The van der Waals surface area contributed by atoms with Crippen molar-refractivity contribution in [3.05, 3.63) is 0 Å². The monoisotopic (exact) mass is 138 g/mol. The van der Waals surface area contributed by atoms with Gasteiger partial charge >= 0.3 is 0 Å². The van der Waals surface area contributed by atoms with Crippen molar-refractivity contribution in [3.8, 4) is 6.07 Å². The highest BCUT2D eigenvalue weighted by molar-refractivity contribution is 4.88. The van der Waals surface area contributed by atoms with E-state index in [2.05, 4.69) is 18.0 Å². The van der Waals surface area contributed by atoms with E-state index in [1.165, 1.54) is 6.42 Å². The summed E-state index contributed by atoms with van der Waals surface area (Å²) < 4.78 is 0. The Morgan fingerprint density at radius 2 is 2.40 bits per heavy atom. The van der Waals surface area contributed by atoms with Gasteiger partial charge in [-0.1, -0.05) is 0 Å². The Labute approximate surface area is 62.4 Å². The molecule has 1 saturated heterocycles. The second kappa shape index (κ2) is 3.03. The minimum Gasteiger partial charge on any atom is -0.306 e. The van der Waals surface area contributed by atoms with E-state index >= 15 is 0 Å². The van der Waals surface area contributed by atoms with Crippen LogP contribution in [0.3, 0.4) is 0 Å². The largest absolute Gasteiger partial charge is 0.306 e. The van der Waals surface area contributed by atoms with Crippen LogP contribution >= 0.6 is 0 Å². The van der Waals surface area contributed by atoms with Gasteiger partial charge in [0.15, 0.2) is 0 Å². The van der Waals surface area contributed by atoms with Gasteiger partial charge in [0, 0.05) is 12.5 Å². The Morgan fingerprint density at radius 3 is 2.80 bits per heavy atom. The third kappa shape index (κ3) is 1.48. The molecule has 0 radical (unpaired) electrons. The molecule has 1 aliphatic rings. The van der Waals surface area contributed by atoms with Gasteiger partial charge in [0.25, 0.3) is 0 Å². The number of likely N-dealkylation sites (tertiary alicyclic amines) is 1. The van der Waals surface area contributed by atoms with Gasteiger partial charge in [-0.05, 0) is 32.9 Å². The van der Waals surface area contributed by atoms with E-state index in [-0.39, 0.29) is 5.92 Å². The highest BCUT2D eigenvalue weighted by atomic mass is 15.1. The summed E-state index contributed by atoms with van der Waals surface area (Å²) in [6.07, 6.45) is 1.20. The molecular formula is C8H14N2. The number of hydrogen-bond donors (Lipinski definition) is 0. The average Bonchev–Trinajstić information content (AvgIpc) is 2.34. The van der Waals surface area contributed by atoms with E-state index in [4.69, 9.17) is 5.26 Å². The van der Waals surface area contributed by atoms with Gasteiger partial charge in [0.2, 0.25) is 0 Å². The number of nitriles is 1. The smallest absolute Gasteiger partial charge is 0.0656 e. The predicted molar refractivity (Wildman–Crippen MR) is 40.4 cm³/mol. The Hall–Kier alpha value is -0.550. The normalized spacial score (nSPS) is 29.9. The molecule has 1 fully saturated rings. The minimum absolute atomic E-state index is 0.241.